The van der Waals surface area contributed by atoms with Crippen LogP contribution in [0.2, 0.25) is 0 Å². The van der Waals surface area contributed by atoms with Crippen LogP contribution in [-0.2, 0) is 0 Å². The quantitative estimate of drug-likeness (QED) is 0.448. The van der Waals surface area contributed by atoms with Gasteiger partial charge in [0.25, 0.3) is 5.56 Å². The van der Waals surface area contributed by atoms with Crippen molar-refractivity contribution < 1.29 is 4.39 Å². The molecule has 2 aliphatic heterocycles. The number of hydrogen-bond donors (Lipinski definition) is 2. The molecule has 6 heteroatoms. The molecule has 0 saturated carbocycles. The summed E-state index contributed by atoms with van der Waals surface area (Å²) in [5.74, 6) is 0. The Bertz CT molecular complexity index is 1100. The fourth-order valence-corrected chi connectivity index (χ4v) is 4.08. The van der Waals surface area contributed by atoms with Crippen LogP contribution in [0.25, 0.3) is 11.3 Å². The Morgan fingerprint density at radius 3 is 2.65 bits per heavy atom. The van der Waals surface area contributed by atoms with Gasteiger partial charge in [0.05, 0.1) is 23.6 Å². The minimum Gasteiger partial charge on any atom is -0.370 e. The van der Waals surface area contributed by atoms with Gasteiger partial charge in [-0.25, -0.2) is 0 Å². The lowest BCUT2D eigenvalue weighted by Gasteiger charge is -2.23. The maximum atomic E-state index is 12.7. The van der Waals surface area contributed by atoms with Gasteiger partial charge in [0.2, 0.25) is 0 Å². The van der Waals surface area contributed by atoms with Crippen molar-refractivity contribution in [3.8, 4) is 11.3 Å². The summed E-state index contributed by atoms with van der Waals surface area (Å²) in [6.45, 7) is 10.1. The third kappa shape index (κ3) is 6.54. The van der Waals surface area contributed by atoms with Gasteiger partial charge in [-0.3, -0.25) is 14.2 Å². The molecule has 0 radical (unpaired) electrons. The normalized spacial score (nSPS) is 14.5. The highest BCUT2D eigenvalue weighted by Crippen LogP contribution is 2.29. The number of aromatic amines is 1. The molecule has 1 saturated heterocycles. The van der Waals surface area contributed by atoms with Crippen molar-refractivity contribution in [2.45, 2.75) is 46.5 Å². The average Bonchev–Trinajstić information content (AvgIpc) is 3.07. The number of H-pyrrole nitrogens is 1. The number of rotatable bonds is 6. The Morgan fingerprint density at radius 1 is 1.09 bits per heavy atom. The fourth-order valence-electron chi connectivity index (χ4n) is 4.08. The molecule has 0 bridgehead atoms. The highest BCUT2D eigenvalue weighted by molar-refractivity contribution is 6.07. The van der Waals surface area contributed by atoms with Crippen molar-refractivity contribution in [3.63, 3.8) is 0 Å². The first-order valence-electron chi connectivity index (χ1n) is 12.4. The summed E-state index contributed by atoms with van der Waals surface area (Å²) in [6, 6.07) is 16.3. The van der Waals surface area contributed by atoms with E-state index in [2.05, 4.69) is 47.2 Å². The summed E-state index contributed by atoms with van der Waals surface area (Å²) in [4.78, 5) is 23.1. The molecule has 1 aromatic carbocycles. The summed E-state index contributed by atoms with van der Waals surface area (Å²) < 4.78 is 11.0. The Hall–Kier alpha value is -2.99. The van der Waals surface area contributed by atoms with Crippen LogP contribution in [0.1, 0.15) is 50.7 Å². The molecule has 5 nitrogen and oxygen atoms in total. The van der Waals surface area contributed by atoms with Crippen LogP contribution in [0.4, 0.5) is 15.8 Å². The molecular formula is C28H37FN4O. The highest BCUT2D eigenvalue weighted by atomic mass is 19.1. The molecule has 0 unspecified atom stereocenters. The van der Waals surface area contributed by atoms with Crippen LogP contribution < -0.4 is 15.8 Å². The van der Waals surface area contributed by atoms with Crippen molar-refractivity contribution in [1.29, 1.82) is 0 Å². The van der Waals surface area contributed by atoms with Crippen LogP contribution in [0.15, 0.2) is 58.3 Å². The van der Waals surface area contributed by atoms with Crippen molar-refractivity contribution in [2.24, 2.45) is 4.99 Å². The predicted molar refractivity (Wildman–Crippen MR) is 142 cm³/mol. The van der Waals surface area contributed by atoms with Crippen LogP contribution in [0.3, 0.4) is 0 Å². The topological polar surface area (TPSA) is 60.5 Å². The van der Waals surface area contributed by atoms with Crippen LogP contribution in [0, 0.1) is 6.92 Å². The molecule has 34 heavy (non-hydrogen) atoms. The molecule has 0 aromatic heterocycles. The number of aryl methyl sites for hydroxylation is 1. The molecule has 2 heterocycles. The number of alkyl halides is 1. The number of hydrogen-bond acceptors (Lipinski definition) is 4. The second kappa shape index (κ2) is 13.0. The molecule has 1 fully saturated rings. The third-order valence-corrected chi connectivity index (χ3v) is 6.05. The first-order valence-corrected chi connectivity index (χ1v) is 12.4. The molecule has 0 amide bonds. The Labute approximate surface area is 202 Å². The third-order valence-electron chi connectivity index (χ3n) is 6.05. The van der Waals surface area contributed by atoms with Gasteiger partial charge in [0, 0.05) is 36.6 Å². The van der Waals surface area contributed by atoms with E-state index in [1.54, 1.807) is 0 Å². The Morgan fingerprint density at radius 2 is 1.91 bits per heavy atom. The number of aliphatic imine (C=N–C) groups is 1. The van der Waals surface area contributed by atoms with E-state index in [4.69, 9.17) is 4.99 Å². The van der Waals surface area contributed by atoms with Gasteiger partial charge < -0.3 is 15.2 Å². The number of unbranched alkanes of at least 4 members (excludes halogenated alkanes) is 1. The number of nitrogens with one attached hydrogen (secondary N) is 2. The molecular weight excluding hydrogens is 427 g/mol. The zero-order valence-corrected chi connectivity index (χ0v) is 20.7. The maximum Gasteiger partial charge on any atom is 0.258 e. The van der Waals surface area contributed by atoms with Gasteiger partial charge >= 0.3 is 0 Å². The molecule has 1 aromatic rings. The first-order chi connectivity index (χ1) is 16.6. The number of aromatic nitrogens is 1. The monoisotopic (exact) mass is 464 g/mol. The highest BCUT2D eigenvalue weighted by Gasteiger charge is 2.18. The van der Waals surface area contributed by atoms with Gasteiger partial charge in [0.15, 0.2) is 0 Å². The Kier molecular flexibility index (Phi) is 9.83. The van der Waals surface area contributed by atoms with Gasteiger partial charge in [-0.1, -0.05) is 50.6 Å². The summed E-state index contributed by atoms with van der Waals surface area (Å²) >= 11 is 0. The van der Waals surface area contributed by atoms with Crippen molar-refractivity contribution >= 4 is 17.1 Å². The SMILES string of the molecule is CCC(=Nc1cc(N2CCCNCC2)ccc1C)c1c2cccccc-2[nH]c1=O.CCCCF. The molecule has 0 spiro atoms. The summed E-state index contributed by atoms with van der Waals surface area (Å²) in [5, 5.41) is 3.45. The Balaban J connectivity index is 0.000000588. The lowest BCUT2D eigenvalue weighted by molar-refractivity contribution is 0.469. The summed E-state index contributed by atoms with van der Waals surface area (Å²) in [5.41, 5.74) is 6.45. The molecule has 1 aliphatic carbocycles. The minimum atomic E-state index is -0.156. The lowest BCUT2D eigenvalue weighted by Crippen LogP contribution is -2.27. The van der Waals surface area contributed by atoms with E-state index in [0.717, 1.165) is 73.7 Å². The minimum absolute atomic E-state index is 0.0702. The van der Waals surface area contributed by atoms with Gasteiger partial charge in [-0.15, -0.1) is 0 Å². The van der Waals surface area contributed by atoms with Gasteiger partial charge in [0.1, 0.15) is 0 Å². The number of nitrogens with zero attached hydrogens (tertiary/aromatic N) is 2. The zero-order valence-electron chi connectivity index (χ0n) is 20.7. The summed E-state index contributed by atoms with van der Waals surface area (Å²) in [7, 11) is 0. The second-order valence-electron chi connectivity index (χ2n) is 8.58. The number of halogens is 1. The number of anilines is 1. The molecule has 4 rings (SSSR count). The van der Waals surface area contributed by atoms with Crippen molar-refractivity contribution in [3.05, 3.63) is 70.0 Å². The molecule has 2 N–H and O–H groups in total. The molecule has 182 valence electrons. The van der Waals surface area contributed by atoms with Crippen LogP contribution in [-0.4, -0.2) is 43.5 Å². The van der Waals surface area contributed by atoms with E-state index in [1.165, 1.54) is 5.69 Å². The van der Waals surface area contributed by atoms with Crippen molar-refractivity contribution in [2.75, 3.05) is 37.8 Å². The average molecular weight is 465 g/mol. The standard InChI is InChI=1S/C24H28N4O.C4H9F/c1-3-20(23-19-8-5-4-6-9-21(19)27-24(23)29)26-22-16-18(11-10-17(22)2)28-14-7-12-25-13-15-28;1-2-3-4-5/h4-6,8-11,16,25H,3,7,12-15H2,1-2H3,(H,27,29);2-4H2,1H3. The molecule has 0 atom stereocenters. The van der Waals surface area contributed by atoms with Crippen LogP contribution in [0.5, 0.6) is 0 Å². The number of benzene rings is 1. The summed E-state index contributed by atoms with van der Waals surface area (Å²) in [6.07, 6.45) is 3.52. The van der Waals surface area contributed by atoms with E-state index < -0.39 is 0 Å². The molecule has 3 aliphatic rings. The number of fused-ring (bicyclic) bond motifs is 1. The first kappa shape index (κ1) is 25.6. The smallest absolute Gasteiger partial charge is 0.258 e. The van der Waals surface area contributed by atoms with Gasteiger partial charge in [-0.05, 0) is 56.5 Å². The predicted octanol–water partition coefficient (Wildman–Crippen LogP) is 5.87. The fraction of sp³-hybridized carbons (Fsp3) is 0.429. The van der Waals surface area contributed by atoms with Crippen molar-refractivity contribution in [1.82, 2.24) is 10.3 Å². The largest absolute Gasteiger partial charge is 0.370 e. The zero-order chi connectivity index (χ0) is 24.3. The maximum absolute atomic E-state index is 12.7. The van der Waals surface area contributed by atoms with E-state index in [9.17, 15) is 9.18 Å². The van der Waals surface area contributed by atoms with E-state index in [1.807, 2.05) is 37.3 Å². The van der Waals surface area contributed by atoms with Crippen LogP contribution >= 0.6 is 0 Å². The lowest BCUT2D eigenvalue weighted by atomic mass is 10.0. The van der Waals surface area contributed by atoms with E-state index in [-0.39, 0.29) is 12.2 Å². The second-order valence-corrected chi connectivity index (χ2v) is 8.58. The van der Waals surface area contributed by atoms with E-state index in [0.29, 0.717) is 12.0 Å². The van der Waals surface area contributed by atoms with E-state index >= 15 is 0 Å². The van der Waals surface area contributed by atoms with Gasteiger partial charge in [-0.2, -0.15) is 0 Å².